The molecule has 0 radical (unpaired) electrons. The number of carbonyl (C=O) groups excluding carboxylic acids is 2. The smallest absolute Gasteiger partial charge is 0.344 e. The molecule has 0 aromatic heterocycles. The number of amides is 1. The van der Waals surface area contributed by atoms with Crippen molar-refractivity contribution >= 4 is 18.0 Å². The molecule has 5 heteroatoms. The monoisotopic (exact) mass is 365 g/mol. The molecule has 5 nitrogen and oxygen atoms in total. The Kier molecular flexibility index (Phi) is 6.26. The van der Waals surface area contributed by atoms with Crippen LogP contribution < -0.4 is 4.74 Å². The Morgan fingerprint density at radius 1 is 1.11 bits per heavy atom. The summed E-state index contributed by atoms with van der Waals surface area (Å²) in [7, 11) is 0. The Labute approximate surface area is 159 Å². The van der Waals surface area contributed by atoms with Crippen molar-refractivity contribution in [1.82, 2.24) is 4.90 Å². The first-order chi connectivity index (χ1) is 13.2. The number of fused-ring (bicyclic) bond motifs is 1. The second-order valence-corrected chi connectivity index (χ2v) is 6.28. The first-order valence-corrected chi connectivity index (χ1v) is 9.08. The molecule has 3 rings (SSSR count). The first kappa shape index (κ1) is 18.7. The van der Waals surface area contributed by atoms with E-state index < -0.39 is 0 Å². The van der Waals surface area contributed by atoms with E-state index in [1.807, 2.05) is 59.5 Å². The normalized spacial score (nSPS) is 13.3. The summed E-state index contributed by atoms with van der Waals surface area (Å²) in [4.78, 5) is 25.7. The Morgan fingerprint density at radius 2 is 1.93 bits per heavy atom. The van der Waals surface area contributed by atoms with E-state index in [1.165, 1.54) is 0 Å². The summed E-state index contributed by atoms with van der Waals surface area (Å²) in [5, 5.41) is 0. The molecule has 0 atom stereocenters. The van der Waals surface area contributed by atoms with Gasteiger partial charge in [0.05, 0.1) is 6.61 Å². The summed E-state index contributed by atoms with van der Waals surface area (Å²) < 4.78 is 10.3. The molecule has 0 N–H and O–H groups in total. The van der Waals surface area contributed by atoms with Gasteiger partial charge < -0.3 is 14.4 Å². The minimum atomic E-state index is -0.378. The van der Waals surface area contributed by atoms with Crippen LogP contribution in [0.15, 0.2) is 54.6 Å². The minimum absolute atomic E-state index is 0.00661. The molecule has 1 aliphatic rings. The van der Waals surface area contributed by atoms with Crippen molar-refractivity contribution in [2.45, 2.75) is 19.9 Å². The Balaban J connectivity index is 1.59. The molecule has 0 unspecified atom stereocenters. The van der Waals surface area contributed by atoms with E-state index in [0.29, 0.717) is 25.4 Å². The number of hydrogen-bond donors (Lipinski definition) is 0. The zero-order chi connectivity index (χ0) is 19.1. The number of esters is 1. The van der Waals surface area contributed by atoms with E-state index in [4.69, 9.17) is 9.47 Å². The lowest BCUT2D eigenvalue weighted by Gasteiger charge is -2.28. The fraction of sp³-hybridized carbons (Fsp3) is 0.273. The van der Waals surface area contributed by atoms with Crippen molar-refractivity contribution in [1.29, 1.82) is 0 Å². The predicted molar refractivity (Wildman–Crippen MR) is 103 cm³/mol. The van der Waals surface area contributed by atoms with E-state index in [-0.39, 0.29) is 18.5 Å². The van der Waals surface area contributed by atoms with E-state index in [9.17, 15) is 9.59 Å². The average Bonchev–Trinajstić information content (AvgIpc) is 2.71. The number of hydrogen-bond acceptors (Lipinski definition) is 4. The minimum Gasteiger partial charge on any atom is -0.482 e. The molecule has 1 amide bonds. The lowest BCUT2D eigenvalue weighted by Crippen LogP contribution is -2.34. The number of nitrogens with zero attached hydrogens (tertiary/aromatic N) is 1. The molecule has 0 spiro atoms. The van der Waals surface area contributed by atoms with Crippen molar-refractivity contribution < 1.29 is 19.1 Å². The van der Waals surface area contributed by atoms with Gasteiger partial charge in [0.2, 0.25) is 5.91 Å². The second-order valence-electron chi connectivity index (χ2n) is 6.28. The number of rotatable bonds is 6. The van der Waals surface area contributed by atoms with Gasteiger partial charge in [-0.3, -0.25) is 4.79 Å². The third kappa shape index (κ3) is 5.20. The Morgan fingerprint density at radius 3 is 2.70 bits per heavy atom. The van der Waals surface area contributed by atoms with Gasteiger partial charge in [0.1, 0.15) is 5.75 Å². The van der Waals surface area contributed by atoms with Gasteiger partial charge >= 0.3 is 5.97 Å². The van der Waals surface area contributed by atoms with Gasteiger partial charge in [0.15, 0.2) is 6.61 Å². The van der Waals surface area contributed by atoms with Crippen LogP contribution in [0.25, 0.3) is 6.08 Å². The zero-order valence-corrected chi connectivity index (χ0v) is 15.4. The third-order valence-corrected chi connectivity index (χ3v) is 4.38. The molecule has 0 saturated heterocycles. The fourth-order valence-corrected chi connectivity index (χ4v) is 2.99. The van der Waals surface area contributed by atoms with Gasteiger partial charge in [-0.2, -0.15) is 0 Å². The average molecular weight is 365 g/mol. The van der Waals surface area contributed by atoms with Crippen LogP contribution in [0.3, 0.4) is 0 Å². The van der Waals surface area contributed by atoms with E-state index in [0.717, 1.165) is 23.1 Å². The van der Waals surface area contributed by atoms with Crippen LogP contribution in [0.1, 0.15) is 23.6 Å². The summed E-state index contributed by atoms with van der Waals surface area (Å²) >= 11 is 0. The van der Waals surface area contributed by atoms with Gasteiger partial charge in [0, 0.05) is 19.2 Å². The fourth-order valence-electron chi connectivity index (χ4n) is 2.99. The molecule has 0 aliphatic carbocycles. The lowest BCUT2D eigenvalue weighted by molar-refractivity contribution is -0.145. The lowest BCUT2D eigenvalue weighted by atomic mass is 9.99. The molecule has 2 aromatic rings. The third-order valence-electron chi connectivity index (χ3n) is 4.38. The van der Waals surface area contributed by atoms with Gasteiger partial charge in [-0.15, -0.1) is 0 Å². The van der Waals surface area contributed by atoms with E-state index in [1.54, 1.807) is 13.0 Å². The highest BCUT2D eigenvalue weighted by atomic mass is 16.6. The maximum atomic E-state index is 12.5. The topological polar surface area (TPSA) is 55.8 Å². The first-order valence-electron chi connectivity index (χ1n) is 9.08. The van der Waals surface area contributed by atoms with Crippen LogP contribution >= 0.6 is 0 Å². The highest BCUT2D eigenvalue weighted by Crippen LogP contribution is 2.24. The maximum Gasteiger partial charge on any atom is 0.344 e. The van der Waals surface area contributed by atoms with Gasteiger partial charge in [-0.25, -0.2) is 4.79 Å². The molecule has 2 aromatic carbocycles. The molecule has 0 bridgehead atoms. The SMILES string of the molecule is CCOC(=O)COc1ccc2c(c1)CCN(C(=O)/C=C/c1ccccc1)C2. The van der Waals surface area contributed by atoms with Crippen molar-refractivity contribution in [2.24, 2.45) is 0 Å². The number of carbonyl (C=O) groups is 2. The quantitative estimate of drug-likeness (QED) is 0.583. The van der Waals surface area contributed by atoms with Crippen molar-refractivity contribution in [3.63, 3.8) is 0 Å². The van der Waals surface area contributed by atoms with Gasteiger partial charge in [-0.05, 0) is 48.2 Å². The zero-order valence-electron chi connectivity index (χ0n) is 15.4. The molecular formula is C22H23NO4. The van der Waals surface area contributed by atoms with Crippen LogP contribution in [-0.2, 0) is 27.3 Å². The van der Waals surface area contributed by atoms with Gasteiger partial charge in [-0.1, -0.05) is 36.4 Å². The summed E-state index contributed by atoms with van der Waals surface area (Å²) in [6.07, 6.45) is 4.22. The van der Waals surface area contributed by atoms with Crippen LogP contribution in [0.2, 0.25) is 0 Å². The van der Waals surface area contributed by atoms with Crippen molar-refractivity contribution in [3.8, 4) is 5.75 Å². The molecule has 1 heterocycles. The van der Waals surface area contributed by atoms with E-state index in [2.05, 4.69) is 0 Å². The largest absolute Gasteiger partial charge is 0.482 e. The predicted octanol–water partition coefficient (Wildman–Crippen LogP) is 3.23. The summed E-state index contributed by atoms with van der Waals surface area (Å²) in [5.41, 5.74) is 3.25. The molecule has 0 saturated carbocycles. The van der Waals surface area contributed by atoms with Crippen LogP contribution in [-0.4, -0.2) is 36.5 Å². The van der Waals surface area contributed by atoms with Crippen LogP contribution in [0, 0.1) is 0 Å². The highest BCUT2D eigenvalue weighted by molar-refractivity contribution is 5.91. The summed E-state index contributed by atoms with van der Waals surface area (Å²) in [5.74, 6) is 0.273. The number of ether oxygens (including phenoxy) is 2. The molecule has 0 fully saturated rings. The van der Waals surface area contributed by atoms with Crippen molar-refractivity contribution in [2.75, 3.05) is 19.8 Å². The Bertz CT molecular complexity index is 829. The Hall–Kier alpha value is -3.08. The molecule has 140 valence electrons. The molecule has 27 heavy (non-hydrogen) atoms. The summed E-state index contributed by atoms with van der Waals surface area (Å²) in [6, 6.07) is 15.5. The number of benzene rings is 2. The van der Waals surface area contributed by atoms with Gasteiger partial charge in [0.25, 0.3) is 0 Å². The summed E-state index contributed by atoms with van der Waals surface area (Å²) in [6.45, 7) is 3.24. The highest BCUT2D eigenvalue weighted by Gasteiger charge is 2.19. The van der Waals surface area contributed by atoms with Crippen LogP contribution in [0.4, 0.5) is 0 Å². The van der Waals surface area contributed by atoms with E-state index >= 15 is 0 Å². The maximum absolute atomic E-state index is 12.5. The molecular weight excluding hydrogens is 342 g/mol. The second kappa shape index (κ2) is 9.03. The standard InChI is InChI=1S/C22H23NO4/c1-2-26-22(25)16-27-20-10-9-19-15-23(13-12-18(19)14-20)21(24)11-8-17-6-4-3-5-7-17/h3-11,14H,2,12-13,15-16H2,1H3/b11-8+. The van der Waals surface area contributed by atoms with Crippen molar-refractivity contribution in [3.05, 3.63) is 71.3 Å². The molecule has 1 aliphatic heterocycles. The van der Waals surface area contributed by atoms with Crippen LogP contribution in [0.5, 0.6) is 5.75 Å².